The third kappa shape index (κ3) is 2.03. The normalized spacial score (nSPS) is 25.0. The number of imidazole rings is 1. The number of carboxylic acid groups (broad SMARTS) is 1. The number of ether oxygens (including phenoxy) is 1. The van der Waals surface area contributed by atoms with Crippen molar-refractivity contribution >= 4 is 17.0 Å². The zero-order valence-corrected chi connectivity index (χ0v) is 12.0. The summed E-state index contributed by atoms with van der Waals surface area (Å²) in [5.74, 6) is 0.792. The molecule has 0 atom stereocenters. The molecule has 2 aliphatic carbocycles. The van der Waals surface area contributed by atoms with Crippen LogP contribution >= 0.6 is 0 Å². The molecule has 1 heterocycles. The first-order chi connectivity index (χ1) is 10.2. The second kappa shape index (κ2) is 4.56. The minimum Gasteiger partial charge on any atom is -0.478 e. The topological polar surface area (TPSA) is 64.4 Å². The van der Waals surface area contributed by atoms with E-state index in [9.17, 15) is 9.90 Å². The third-order valence-electron chi connectivity index (χ3n) is 4.67. The smallest absolute Gasteiger partial charge is 0.335 e. The number of carboxylic acids is 1. The first-order valence-corrected chi connectivity index (χ1v) is 7.45. The van der Waals surface area contributed by atoms with Crippen LogP contribution in [0.4, 0.5) is 0 Å². The number of methoxy groups -OCH3 is 1. The maximum atomic E-state index is 11.2. The standard InChI is InChI=1S/C16H18N2O3/c1-21-12-7-11(8-12)18-14-6-10(16(19)20)4-5-13(14)17-15(18)9-2-3-9/h4-6,9,11-12H,2-3,7-8H2,1H3,(H,19,20). The maximum Gasteiger partial charge on any atom is 0.335 e. The molecular weight excluding hydrogens is 268 g/mol. The van der Waals surface area contributed by atoms with Gasteiger partial charge in [0.1, 0.15) is 5.82 Å². The molecule has 5 nitrogen and oxygen atoms in total. The van der Waals surface area contributed by atoms with Gasteiger partial charge in [-0.05, 0) is 43.9 Å². The van der Waals surface area contributed by atoms with Crippen molar-refractivity contribution in [2.24, 2.45) is 0 Å². The second-order valence-electron chi connectivity index (χ2n) is 6.11. The van der Waals surface area contributed by atoms with Crippen LogP contribution in [0.3, 0.4) is 0 Å². The molecule has 1 aromatic carbocycles. The van der Waals surface area contributed by atoms with Crippen LogP contribution in [0.2, 0.25) is 0 Å². The fraction of sp³-hybridized carbons (Fsp3) is 0.500. The van der Waals surface area contributed by atoms with Gasteiger partial charge in [0.15, 0.2) is 0 Å². The number of aromatic nitrogens is 2. The summed E-state index contributed by atoms with van der Waals surface area (Å²) in [6.45, 7) is 0. The van der Waals surface area contributed by atoms with E-state index in [1.54, 1.807) is 19.2 Å². The Bertz CT molecular complexity index is 712. The van der Waals surface area contributed by atoms with Gasteiger partial charge in [-0.2, -0.15) is 0 Å². The van der Waals surface area contributed by atoms with Gasteiger partial charge in [0.25, 0.3) is 0 Å². The van der Waals surface area contributed by atoms with Gasteiger partial charge >= 0.3 is 5.97 Å². The molecule has 21 heavy (non-hydrogen) atoms. The van der Waals surface area contributed by atoms with Crippen LogP contribution < -0.4 is 0 Å². The lowest BCUT2D eigenvalue weighted by atomic mass is 9.88. The second-order valence-corrected chi connectivity index (χ2v) is 6.11. The van der Waals surface area contributed by atoms with E-state index < -0.39 is 5.97 Å². The molecule has 110 valence electrons. The predicted molar refractivity (Wildman–Crippen MR) is 77.7 cm³/mol. The molecule has 2 saturated carbocycles. The molecule has 0 bridgehead atoms. The number of rotatable bonds is 4. The first kappa shape index (κ1) is 12.8. The molecular formula is C16H18N2O3. The van der Waals surface area contributed by atoms with Crippen molar-refractivity contribution in [1.82, 2.24) is 9.55 Å². The number of hydrogen-bond donors (Lipinski definition) is 1. The highest BCUT2D eigenvalue weighted by atomic mass is 16.5. The van der Waals surface area contributed by atoms with E-state index in [0.29, 0.717) is 23.6 Å². The molecule has 0 aliphatic heterocycles. The van der Waals surface area contributed by atoms with Gasteiger partial charge in [-0.15, -0.1) is 0 Å². The van der Waals surface area contributed by atoms with Crippen molar-refractivity contribution < 1.29 is 14.6 Å². The van der Waals surface area contributed by atoms with E-state index in [1.165, 1.54) is 12.8 Å². The zero-order valence-electron chi connectivity index (χ0n) is 12.0. The van der Waals surface area contributed by atoms with E-state index in [0.717, 1.165) is 29.7 Å². The van der Waals surface area contributed by atoms with Crippen LogP contribution in [0.25, 0.3) is 11.0 Å². The Balaban J connectivity index is 1.82. The van der Waals surface area contributed by atoms with Gasteiger partial charge in [-0.25, -0.2) is 9.78 Å². The van der Waals surface area contributed by atoms with Gasteiger partial charge in [0.05, 0.1) is 22.7 Å². The molecule has 1 N–H and O–H groups in total. The Hall–Kier alpha value is -1.88. The molecule has 5 heteroatoms. The molecule has 2 aliphatic rings. The largest absolute Gasteiger partial charge is 0.478 e. The lowest BCUT2D eigenvalue weighted by Crippen LogP contribution is -2.33. The van der Waals surface area contributed by atoms with Crippen molar-refractivity contribution in [3.05, 3.63) is 29.6 Å². The quantitative estimate of drug-likeness (QED) is 0.938. The highest BCUT2D eigenvalue weighted by Gasteiger charge is 2.37. The van der Waals surface area contributed by atoms with Crippen molar-refractivity contribution in [1.29, 1.82) is 0 Å². The van der Waals surface area contributed by atoms with Crippen LogP contribution in [0, 0.1) is 0 Å². The van der Waals surface area contributed by atoms with E-state index in [4.69, 9.17) is 9.72 Å². The molecule has 2 aromatic rings. The third-order valence-corrected chi connectivity index (χ3v) is 4.67. The van der Waals surface area contributed by atoms with Crippen LogP contribution in [-0.4, -0.2) is 33.8 Å². The summed E-state index contributed by atoms with van der Waals surface area (Å²) in [7, 11) is 1.75. The summed E-state index contributed by atoms with van der Waals surface area (Å²) in [5.41, 5.74) is 2.19. The van der Waals surface area contributed by atoms with E-state index in [2.05, 4.69) is 4.57 Å². The summed E-state index contributed by atoms with van der Waals surface area (Å²) in [4.78, 5) is 16.0. The minimum absolute atomic E-state index is 0.321. The van der Waals surface area contributed by atoms with Gasteiger partial charge < -0.3 is 14.4 Å². The number of benzene rings is 1. The summed E-state index contributed by atoms with van der Waals surface area (Å²) >= 11 is 0. The Kier molecular flexibility index (Phi) is 2.79. The lowest BCUT2D eigenvalue weighted by molar-refractivity contribution is 0.00657. The molecule has 1 aromatic heterocycles. The van der Waals surface area contributed by atoms with Gasteiger partial charge in [-0.1, -0.05) is 0 Å². The lowest BCUT2D eigenvalue weighted by Gasteiger charge is -2.36. The number of carbonyl (C=O) groups is 1. The number of nitrogens with zero attached hydrogens (tertiary/aromatic N) is 2. The monoisotopic (exact) mass is 286 g/mol. The van der Waals surface area contributed by atoms with E-state index >= 15 is 0 Å². The molecule has 0 amide bonds. The van der Waals surface area contributed by atoms with Crippen molar-refractivity contribution in [3.63, 3.8) is 0 Å². The zero-order chi connectivity index (χ0) is 14.6. The van der Waals surface area contributed by atoms with E-state index in [1.807, 2.05) is 6.07 Å². The van der Waals surface area contributed by atoms with Gasteiger partial charge in [-0.3, -0.25) is 0 Å². The Morgan fingerprint density at radius 3 is 2.76 bits per heavy atom. The van der Waals surface area contributed by atoms with Crippen LogP contribution in [0.5, 0.6) is 0 Å². The molecule has 0 spiro atoms. The van der Waals surface area contributed by atoms with Crippen molar-refractivity contribution in [3.8, 4) is 0 Å². The molecule has 2 fully saturated rings. The highest BCUT2D eigenvalue weighted by Crippen LogP contribution is 2.45. The Morgan fingerprint density at radius 1 is 1.38 bits per heavy atom. The average Bonchev–Trinajstić information content (AvgIpc) is 3.20. The SMILES string of the molecule is COC1CC(n2c(C3CC3)nc3ccc(C(=O)O)cc32)C1. The Labute approximate surface area is 122 Å². The van der Waals surface area contributed by atoms with Crippen molar-refractivity contribution in [2.45, 2.75) is 43.7 Å². The summed E-state index contributed by atoms with van der Waals surface area (Å²) in [6, 6.07) is 5.61. The van der Waals surface area contributed by atoms with Crippen molar-refractivity contribution in [2.75, 3.05) is 7.11 Å². The number of aromatic carboxylic acids is 1. The summed E-state index contributed by atoms with van der Waals surface area (Å²) in [6.07, 6.45) is 4.67. The van der Waals surface area contributed by atoms with Gasteiger partial charge in [0.2, 0.25) is 0 Å². The fourth-order valence-corrected chi connectivity index (χ4v) is 3.20. The molecule has 4 rings (SSSR count). The predicted octanol–water partition coefficient (Wildman–Crippen LogP) is 2.96. The van der Waals surface area contributed by atoms with Gasteiger partial charge in [0, 0.05) is 19.1 Å². The summed E-state index contributed by atoms with van der Waals surface area (Å²) < 4.78 is 7.65. The average molecular weight is 286 g/mol. The number of fused-ring (bicyclic) bond motifs is 1. The summed E-state index contributed by atoms with van der Waals surface area (Å²) in [5, 5.41) is 9.20. The highest BCUT2D eigenvalue weighted by molar-refractivity contribution is 5.92. The van der Waals surface area contributed by atoms with Crippen LogP contribution in [0.15, 0.2) is 18.2 Å². The van der Waals surface area contributed by atoms with Crippen LogP contribution in [-0.2, 0) is 4.74 Å². The Morgan fingerprint density at radius 2 is 2.14 bits per heavy atom. The molecule has 0 radical (unpaired) electrons. The van der Waals surface area contributed by atoms with E-state index in [-0.39, 0.29) is 0 Å². The number of hydrogen-bond acceptors (Lipinski definition) is 3. The first-order valence-electron chi connectivity index (χ1n) is 7.45. The van der Waals surface area contributed by atoms with Crippen LogP contribution in [0.1, 0.15) is 53.8 Å². The fourth-order valence-electron chi connectivity index (χ4n) is 3.20. The minimum atomic E-state index is -0.888. The molecule has 0 unspecified atom stereocenters. The maximum absolute atomic E-state index is 11.2. The molecule has 0 saturated heterocycles.